The fraction of sp³-hybridized carbons (Fsp3) is 0.294. The number of benzene rings is 1. The van der Waals surface area contributed by atoms with Crippen molar-refractivity contribution in [1.82, 2.24) is 9.88 Å². The number of nitro groups is 1. The molecule has 1 heterocycles. The Morgan fingerprint density at radius 3 is 2.75 bits per heavy atom. The first-order chi connectivity index (χ1) is 11.5. The lowest BCUT2D eigenvalue weighted by Gasteiger charge is -2.30. The number of non-ortho nitro benzene ring substituents is 1. The van der Waals surface area contributed by atoms with Gasteiger partial charge in [0.2, 0.25) is 0 Å². The van der Waals surface area contributed by atoms with E-state index < -0.39 is 4.92 Å². The van der Waals surface area contributed by atoms with Gasteiger partial charge in [0.05, 0.1) is 16.5 Å². The average Bonchev–Trinajstić information content (AvgIpc) is 3.40. The molecule has 1 aromatic carbocycles. The van der Waals surface area contributed by atoms with Gasteiger partial charge in [-0.3, -0.25) is 19.9 Å². The van der Waals surface area contributed by atoms with Crippen LogP contribution in [0.1, 0.15) is 41.7 Å². The van der Waals surface area contributed by atoms with Gasteiger partial charge in [-0.2, -0.15) is 0 Å². The highest BCUT2D eigenvalue weighted by molar-refractivity contribution is 6.00. The summed E-state index contributed by atoms with van der Waals surface area (Å²) in [5.74, 6) is -0.282. The molecule has 7 heteroatoms. The fourth-order valence-corrected chi connectivity index (χ4v) is 2.78. The molecule has 0 aliphatic heterocycles. The zero-order valence-electron chi connectivity index (χ0n) is 13.3. The van der Waals surface area contributed by atoms with Crippen molar-refractivity contribution in [1.29, 1.82) is 0 Å². The summed E-state index contributed by atoms with van der Waals surface area (Å²) in [6.45, 7) is 1.93. The number of aromatic nitrogens is 1. The molecule has 1 atom stereocenters. The topological polar surface area (TPSA) is 102 Å². The summed E-state index contributed by atoms with van der Waals surface area (Å²) >= 11 is 0. The van der Waals surface area contributed by atoms with Crippen molar-refractivity contribution in [3.05, 3.63) is 64.0 Å². The largest absolute Gasteiger partial charge is 0.398 e. The van der Waals surface area contributed by atoms with Crippen LogP contribution in [-0.2, 0) is 0 Å². The molecule has 1 aliphatic rings. The minimum Gasteiger partial charge on any atom is -0.398 e. The Bertz CT molecular complexity index is 775. The highest BCUT2D eigenvalue weighted by atomic mass is 16.6. The van der Waals surface area contributed by atoms with Crippen LogP contribution in [0.2, 0.25) is 0 Å². The molecule has 0 spiro atoms. The maximum atomic E-state index is 13.0. The van der Waals surface area contributed by atoms with Gasteiger partial charge in [0, 0.05) is 36.3 Å². The molecule has 2 N–H and O–H groups in total. The lowest BCUT2D eigenvalue weighted by Crippen LogP contribution is -2.36. The van der Waals surface area contributed by atoms with E-state index >= 15 is 0 Å². The second kappa shape index (κ2) is 6.27. The maximum Gasteiger partial charge on any atom is 0.270 e. The van der Waals surface area contributed by atoms with Crippen LogP contribution in [-0.4, -0.2) is 26.8 Å². The van der Waals surface area contributed by atoms with Crippen molar-refractivity contribution < 1.29 is 9.72 Å². The van der Waals surface area contributed by atoms with Crippen LogP contribution in [0.5, 0.6) is 0 Å². The van der Waals surface area contributed by atoms with E-state index in [9.17, 15) is 14.9 Å². The van der Waals surface area contributed by atoms with E-state index in [4.69, 9.17) is 5.73 Å². The molecule has 124 valence electrons. The Labute approximate surface area is 139 Å². The second-order valence-corrected chi connectivity index (χ2v) is 5.93. The van der Waals surface area contributed by atoms with E-state index in [1.54, 1.807) is 17.3 Å². The standard InChI is InChI=1S/C17H18N4O3/c1-11(12-3-2-8-19-10-12)20(13-4-5-13)17(22)15-9-14(21(23)24)6-7-16(15)18/h2-3,6-11,13H,4-5,18H2,1H3. The number of nitrogens with zero attached hydrogens (tertiary/aromatic N) is 3. The molecule has 1 aliphatic carbocycles. The van der Waals surface area contributed by atoms with Gasteiger partial charge < -0.3 is 10.6 Å². The Hall–Kier alpha value is -2.96. The summed E-state index contributed by atoms with van der Waals surface area (Å²) in [6, 6.07) is 7.65. The molecule has 2 aromatic rings. The lowest BCUT2D eigenvalue weighted by atomic mass is 10.1. The van der Waals surface area contributed by atoms with Gasteiger partial charge in [-0.1, -0.05) is 6.07 Å². The van der Waals surface area contributed by atoms with E-state index in [1.807, 2.05) is 19.1 Å². The van der Waals surface area contributed by atoms with Crippen LogP contribution >= 0.6 is 0 Å². The molecule has 1 fully saturated rings. The van der Waals surface area contributed by atoms with Crippen molar-refractivity contribution >= 4 is 17.3 Å². The van der Waals surface area contributed by atoms with Crippen LogP contribution in [0.3, 0.4) is 0 Å². The summed E-state index contributed by atoms with van der Waals surface area (Å²) in [4.78, 5) is 29.4. The molecule has 1 amide bonds. The molecular formula is C17H18N4O3. The predicted molar refractivity (Wildman–Crippen MR) is 89.4 cm³/mol. The number of amides is 1. The Kier molecular flexibility index (Phi) is 4.16. The van der Waals surface area contributed by atoms with Crippen LogP contribution in [0.4, 0.5) is 11.4 Å². The maximum absolute atomic E-state index is 13.0. The first kappa shape index (κ1) is 15.9. The van der Waals surface area contributed by atoms with Crippen LogP contribution in [0.25, 0.3) is 0 Å². The quantitative estimate of drug-likeness (QED) is 0.517. The number of nitro benzene ring substituents is 1. The average molecular weight is 326 g/mol. The number of hydrogen-bond acceptors (Lipinski definition) is 5. The number of carbonyl (C=O) groups excluding carboxylic acids is 1. The fourth-order valence-electron chi connectivity index (χ4n) is 2.78. The third-order valence-corrected chi connectivity index (χ3v) is 4.24. The van der Waals surface area contributed by atoms with Crippen molar-refractivity contribution in [2.24, 2.45) is 0 Å². The summed E-state index contributed by atoms with van der Waals surface area (Å²) in [5.41, 5.74) is 7.10. The van der Waals surface area contributed by atoms with Gasteiger partial charge in [0.1, 0.15) is 0 Å². The van der Waals surface area contributed by atoms with Crippen LogP contribution < -0.4 is 5.73 Å². The van der Waals surface area contributed by atoms with Crippen molar-refractivity contribution in [3.8, 4) is 0 Å². The minimum absolute atomic E-state index is 0.131. The number of carbonyl (C=O) groups is 1. The van der Waals surface area contributed by atoms with Gasteiger partial charge in [-0.25, -0.2) is 0 Å². The zero-order chi connectivity index (χ0) is 17.3. The van der Waals surface area contributed by atoms with Crippen LogP contribution in [0.15, 0.2) is 42.7 Å². The molecule has 3 rings (SSSR count). The number of nitrogens with two attached hydrogens (primary N) is 1. The van der Waals surface area contributed by atoms with E-state index in [1.165, 1.54) is 18.2 Å². The highest BCUT2D eigenvalue weighted by Gasteiger charge is 2.37. The summed E-state index contributed by atoms with van der Waals surface area (Å²) in [6.07, 6.45) is 5.25. The lowest BCUT2D eigenvalue weighted by molar-refractivity contribution is -0.384. The van der Waals surface area contributed by atoms with E-state index in [-0.39, 0.29) is 34.9 Å². The molecule has 0 bridgehead atoms. The van der Waals surface area contributed by atoms with Gasteiger partial charge in [-0.15, -0.1) is 0 Å². The van der Waals surface area contributed by atoms with E-state index in [0.717, 1.165) is 18.4 Å². The smallest absolute Gasteiger partial charge is 0.270 e. The number of rotatable bonds is 5. The molecular weight excluding hydrogens is 308 g/mol. The van der Waals surface area contributed by atoms with E-state index in [0.29, 0.717) is 0 Å². The summed E-state index contributed by atoms with van der Waals surface area (Å²) in [7, 11) is 0. The number of nitrogen functional groups attached to an aromatic ring is 1. The third kappa shape index (κ3) is 3.05. The molecule has 7 nitrogen and oxygen atoms in total. The number of hydrogen-bond donors (Lipinski definition) is 1. The Morgan fingerprint density at radius 2 is 2.17 bits per heavy atom. The highest BCUT2D eigenvalue weighted by Crippen LogP contribution is 2.36. The van der Waals surface area contributed by atoms with Gasteiger partial charge in [-0.05, 0) is 37.5 Å². The van der Waals surface area contributed by atoms with Gasteiger partial charge in [0.15, 0.2) is 0 Å². The normalized spacial score (nSPS) is 14.9. The summed E-state index contributed by atoms with van der Waals surface area (Å²) < 4.78 is 0. The second-order valence-electron chi connectivity index (χ2n) is 5.93. The van der Waals surface area contributed by atoms with Crippen LogP contribution in [0, 0.1) is 10.1 Å². The van der Waals surface area contributed by atoms with Crippen molar-refractivity contribution in [2.75, 3.05) is 5.73 Å². The third-order valence-electron chi connectivity index (χ3n) is 4.24. The SMILES string of the molecule is CC(c1cccnc1)N(C(=O)c1cc([N+](=O)[O-])ccc1N)C1CC1. The molecule has 1 aromatic heterocycles. The predicted octanol–water partition coefficient (Wildman–Crippen LogP) is 2.94. The number of pyridine rings is 1. The van der Waals surface area contributed by atoms with Crippen molar-refractivity contribution in [2.45, 2.75) is 31.8 Å². The van der Waals surface area contributed by atoms with Gasteiger partial charge >= 0.3 is 0 Å². The Balaban J connectivity index is 1.96. The van der Waals surface area contributed by atoms with E-state index in [2.05, 4.69) is 4.98 Å². The zero-order valence-corrected chi connectivity index (χ0v) is 13.3. The summed E-state index contributed by atoms with van der Waals surface area (Å²) in [5, 5.41) is 11.0. The van der Waals surface area contributed by atoms with Crippen molar-refractivity contribution in [3.63, 3.8) is 0 Å². The molecule has 24 heavy (non-hydrogen) atoms. The molecule has 1 unspecified atom stereocenters. The number of anilines is 1. The monoisotopic (exact) mass is 326 g/mol. The molecule has 0 saturated heterocycles. The first-order valence-electron chi connectivity index (χ1n) is 7.75. The molecule has 1 saturated carbocycles. The first-order valence-corrected chi connectivity index (χ1v) is 7.75. The minimum atomic E-state index is -0.526. The molecule has 0 radical (unpaired) electrons. The van der Waals surface area contributed by atoms with Gasteiger partial charge in [0.25, 0.3) is 11.6 Å². The Morgan fingerprint density at radius 1 is 1.42 bits per heavy atom.